The molecular weight excluding hydrogens is 262 g/mol. The van der Waals surface area contributed by atoms with Gasteiger partial charge in [0.25, 0.3) is 0 Å². The molecule has 3 nitrogen and oxygen atoms in total. The molecule has 0 aliphatic rings. The van der Waals surface area contributed by atoms with Gasteiger partial charge >= 0.3 is 0 Å². The van der Waals surface area contributed by atoms with Crippen molar-refractivity contribution in [2.24, 2.45) is 0 Å². The molecule has 0 aliphatic heterocycles. The molecule has 5 heteroatoms. The molecule has 0 aliphatic carbocycles. The van der Waals surface area contributed by atoms with E-state index in [9.17, 15) is 0 Å². The highest BCUT2D eigenvalue weighted by molar-refractivity contribution is 8.01. The molecule has 2 unspecified atom stereocenters. The highest BCUT2D eigenvalue weighted by Crippen LogP contribution is 2.33. The van der Waals surface area contributed by atoms with Crippen LogP contribution < -0.4 is 5.32 Å². The fourth-order valence-corrected chi connectivity index (χ4v) is 4.15. The standard InChI is InChI=1S/C13H17N3S2/c1-9(17-13-16-15-10(2)18-13)12(14-3)11-7-5-4-6-8-11/h4-9,12,14H,1-3H3. The number of nitrogens with zero attached hydrogens (tertiary/aromatic N) is 2. The lowest BCUT2D eigenvalue weighted by molar-refractivity contribution is 0.589. The van der Waals surface area contributed by atoms with Crippen LogP contribution in [-0.4, -0.2) is 22.5 Å². The van der Waals surface area contributed by atoms with E-state index >= 15 is 0 Å². The number of thioether (sulfide) groups is 1. The van der Waals surface area contributed by atoms with E-state index in [0.29, 0.717) is 11.3 Å². The third kappa shape index (κ3) is 3.31. The zero-order chi connectivity index (χ0) is 13.0. The van der Waals surface area contributed by atoms with Crippen LogP contribution in [0.3, 0.4) is 0 Å². The second-order valence-corrected chi connectivity index (χ2v) is 6.89. The first-order valence-corrected chi connectivity index (χ1v) is 7.59. The van der Waals surface area contributed by atoms with Crippen LogP contribution in [0.4, 0.5) is 0 Å². The molecular formula is C13H17N3S2. The molecule has 1 N–H and O–H groups in total. The van der Waals surface area contributed by atoms with Gasteiger partial charge in [-0.25, -0.2) is 0 Å². The Kier molecular flexibility index (Phi) is 4.74. The number of aryl methyl sites for hydroxylation is 1. The fourth-order valence-electron chi connectivity index (χ4n) is 1.89. The third-order valence-electron chi connectivity index (χ3n) is 2.73. The quantitative estimate of drug-likeness (QED) is 0.852. The van der Waals surface area contributed by atoms with Gasteiger partial charge in [-0.15, -0.1) is 10.2 Å². The molecule has 0 saturated carbocycles. The summed E-state index contributed by atoms with van der Waals surface area (Å²) in [5.41, 5.74) is 1.31. The van der Waals surface area contributed by atoms with Gasteiger partial charge in [-0.3, -0.25) is 0 Å². The largest absolute Gasteiger partial charge is 0.312 e. The maximum absolute atomic E-state index is 4.17. The summed E-state index contributed by atoms with van der Waals surface area (Å²) in [5.74, 6) is 0. The minimum atomic E-state index is 0.320. The highest BCUT2D eigenvalue weighted by atomic mass is 32.2. The van der Waals surface area contributed by atoms with Crippen molar-refractivity contribution in [2.45, 2.75) is 29.5 Å². The number of rotatable bonds is 5. The van der Waals surface area contributed by atoms with Gasteiger partial charge in [-0.05, 0) is 19.5 Å². The van der Waals surface area contributed by atoms with E-state index in [1.165, 1.54) is 5.56 Å². The number of aromatic nitrogens is 2. The predicted molar refractivity (Wildman–Crippen MR) is 78.2 cm³/mol. The molecule has 96 valence electrons. The lowest BCUT2D eigenvalue weighted by Crippen LogP contribution is -2.25. The van der Waals surface area contributed by atoms with E-state index < -0.39 is 0 Å². The van der Waals surface area contributed by atoms with Gasteiger partial charge in [-0.2, -0.15) is 0 Å². The van der Waals surface area contributed by atoms with Gasteiger partial charge in [-0.1, -0.05) is 60.4 Å². The summed E-state index contributed by atoms with van der Waals surface area (Å²) in [7, 11) is 2.00. The van der Waals surface area contributed by atoms with Crippen molar-refractivity contribution in [3.05, 3.63) is 40.9 Å². The van der Waals surface area contributed by atoms with Crippen LogP contribution in [0.1, 0.15) is 23.5 Å². The van der Waals surface area contributed by atoms with Crippen LogP contribution in [0.25, 0.3) is 0 Å². The average Bonchev–Trinajstić information content (AvgIpc) is 2.77. The minimum absolute atomic E-state index is 0.320. The maximum Gasteiger partial charge on any atom is 0.174 e. The van der Waals surface area contributed by atoms with Gasteiger partial charge in [0.05, 0.1) is 0 Å². The first kappa shape index (κ1) is 13.5. The number of hydrogen-bond acceptors (Lipinski definition) is 5. The van der Waals surface area contributed by atoms with Crippen LogP contribution in [0.5, 0.6) is 0 Å². The summed E-state index contributed by atoms with van der Waals surface area (Å²) in [5, 5.41) is 13.0. The monoisotopic (exact) mass is 279 g/mol. The molecule has 0 radical (unpaired) electrons. The Balaban J connectivity index is 2.08. The summed E-state index contributed by atoms with van der Waals surface area (Å²) in [6, 6.07) is 10.8. The summed E-state index contributed by atoms with van der Waals surface area (Å²) < 4.78 is 1.04. The summed E-state index contributed by atoms with van der Waals surface area (Å²) in [4.78, 5) is 0. The molecule has 1 heterocycles. The van der Waals surface area contributed by atoms with Crippen molar-refractivity contribution >= 4 is 23.1 Å². The number of hydrogen-bond donors (Lipinski definition) is 1. The first-order valence-electron chi connectivity index (χ1n) is 5.89. The first-order chi connectivity index (χ1) is 8.70. The lowest BCUT2D eigenvalue weighted by Gasteiger charge is -2.22. The Morgan fingerprint density at radius 2 is 1.94 bits per heavy atom. The van der Waals surface area contributed by atoms with Crippen molar-refractivity contribution in [1.29, 1.82) is 0 Å². The van der Waals surface area contributed by atoms with Crippen LogP contribution >= 0.6 is 23.1 Å². The molecule has 0 saturated heterocycles. The van der Waals surface area contributed by atoms with Crippen molar-refractivity contribution < 1.29 is 0 Å². The zero-order valence-corrected chi connectivity index (χ0v) is 12.4. The molecule has 2 rings (SSSR count). The molecule has 2 atom stereocenters. The van der Waals surface area contributed by atoms with E-state index in [1.807, 2.05) is 20.0 Å². The van der Waals surface area contributed by atoms with Crippen molar-refractivity contribution in [3.63, 3.8) is 0 Å². The Bertz CT molecular complexity index is 484. The second kappa shape index (κ2) is 6.31. The Labute approximate surface area is 116 Å². The normalized spacial score (nSPS) is 14.4. The Hall–Kier alpha value is -0.910. The molecule has 18 heavy (non-hydrogen) atoms. The van der Waals surface area contributed by atoms with Crippen LogP contribution in [0, 0.1) is 6.92 Å². The van der Waals surface area contributed by atoms with Gasteiger partial charge in [0.15, 0.2) is 4.34 Å². The topological polar surface area (TPSA) is 37.8 Å². The second-order valence-electron chi connectivity index (χ2n) is 4.09. The zero-order valence-electron chi connectivity index (χ0n) is 10.8. The summed E-state index contributed by atoms with van der Waals surface area (Å²) in [6.45, 7) is 4.20. The van der Waals surface area contributed by atoms with Gasteiger partial charge in [0.2, 0.25) is 0 Å². The van der Waals surface area contributed by atoms with Crippen molar-refractivity contribution in [1.82, 2.24) is 15.5 Å². The SMILES string of the molecule is CNC(c1ccccc1)C(C)Sc1nnc(C)s1. The number of nitrogens with one attached hydrogen (secondary N) is 1. The Morgan fingerprint density at radius 3 is 2.50 bits per heavy atom. The third-order valence-corrected chi connectivity index (χ3v) is 4.83. The summed E-state index contributed by atoms with van der Waals surface area (Å²) >= 11 is 3.43. The van der Waals surface area contributed by atoms with Crippen LogP contribution in [0.15, 0.2) is 34.7 Å². The van der Waals surface area contributed by atoms with Crippen molar-refractivity contribution in [3.8, 4) is 0 Å². The predicted octanol–water partition coefficient (Wildman–Crippen LogP) is 3.29. The van der Waals surface area contributed by atoms with Crippen molar-refractivity contribution in [2.75, 3.05) is 7.05 Å². The smallest absolute Gasteiger partial charge is 0.174 e. The molecule has 0 bridgehead atoms. The van der Waals surface area contributed by atoms with Crippen LogP contribution in [-0.2, 0) is 0 Å². The average molecular weight is 279 g/mol. The highest BCUT2D eigenvalue weighted by Gasteiger charge is 2.19. The van der Waals surface area contributed by atoms with E-state index in [1.54, 1.807) is 23.1 Å². The Morgan fingerprint density at radius 1 is 1.22 bits per heavy atom. The molecule has 0 amide bonds. The van der Waals surface area contributed by atoms with E-state index in [2.05, 4.69) is 46.7 Å². The van der Waals surface area contributed by atoms with Gasteiger partial charge < -0.3 is 5.32 Å². The van der Waals surface area contributed by atoms with E-state index in [4.69, 9.17) is 0 Å². The molecule has 2 aromatic rings. The molecule has 0 spiro atoms. The minimum Gasteiger partial charge on any atom is -0.312 e. The van der Waals surface area contributed by atoms with E-state index in [0.717, 1.165) is 9.35 Å². The lowest BCUT2D eigenvalue weighted by atomic mass is 10.0. The fraction of sp³-hybridized carbons (Fsp3) is 0.385. The molecule has 0 fully saturated rings. The molecule has 1 aromatic heterocycles. The summed E-state index contributed by atoms with van der Waals surface area (Å²) in [6.07, 6.45) is 0. The molecule has 1 aromatic carbocycles. The van der Waals surface area contributed by atoms with Gasteiger partial charge in [0.1, 0.15) is 5.01 Å². The number of benzene rings is 1. The maximum atomic E-state index is 4.17. The van der Waals surface area contributed by atoms with Crippen LogP contribution in [0.2, 0.25) is 0 Å². The van der Waals surface area contributed by atoms with Gasteiger partial charge in [0, 0.05) is 11.3 Å². The van der Waals surface area contributed by atoms with E-state index in [-0.39, 0.29) is 0 Å².